The van der Waals surface area contributed by atoms with Crippen molar-refractivity contribution in [1.82, 2.24) is 10.2 Å². The molecular weight excluding hydrogens is 634 g/mol. The highest BCUT2D eigenvalue weighted by Gasteiger charge is 2.44. The molecule has 0 heterocycles. The van der Waals surface area contributed by atoms with Crippen LogP contribution >= 0.6 is 22.6 Å². The molecular formula is C29H32FIN2O7. The van der Waals surface area contributed by atoms with Crippen LogP contribution in [0.4, 0.5) is 4.39 Å². The number of carbonyl (C=O) groups is 3. The standard InChI is InChI=1S/C29H32FIN2O7/c1-39-25-13-18(16-35)12-22(31)27(25)40-24-15-20(28(37)32-8-10-34)14-23(26(24)36)33(29(38)19-5-6-19)9-7-17-3-2-4-21(30)11-17/h2-4,11-13,15-16,19,23-24,26,34,36H,5-10,14H2,1H3,(H,32,37)/t23-,24+,26+/m1/s1. The predicted octanol–water partition coefficient (Wildman–Crippen LogP) is 2.65. The van der Waals surface area contributed by atoms with Crippen molar-refractivity contribution in [3.63, 3.8) is 0 Å². The molecule has 1 fully saturated rings. The Hall–Kier alpha value is -3.03. The quantitative estimate of drug-likeness (QED) is 0.235. The summed E-state index contributed by atoms with van der Waals surface area (Å²) in [6.07, 6.45) is 1.87. The van der Waals surface area contributed by atoms with Gasteiger partial charge in [-0.15, -0.1) is 0 Å². The van der Waals surface area contributed by atoms with Crippen molar-refractivity contribution in [3.05, 3.63) is 68.6 Å². The lowest BCUT2D eigenvalue weighted by atomic mass is 9.87. The molecule has 11 heteroatoms. The van der Waals surface area contributed by atoms with Crippen LogP contribution in [0.5, 0.6) is 11.5 Å². The number of nitrogens with zero attached hydrogens (tertiary/aromatic N) is 1. The van der Waals surface area contributed by atoms with Crippen LogP contribution in [0.15, 0.2) is 48.0 Å². The van der Waals surface area contributed by atoms with Gasteiger partial charge in [-0.25, -0.2) is 4.39 Å². The Labute approximate surface area is 245 Å². The molecule has 3 atom stereocenters. The first-order valence-corrected chi connectivity index (χ1v) is 14.2. The molecule has 0 unspecified atom stereocenters. The highest BCUT2D eigenvalue weighted by molar-refractivity contribution is 14.1. The van der Waals surface area contributed by atoms with Crippen molar-refractivity contribution in [1.29, 1.82) is 0 Å². The van der Waals surface area contributed by atoms with Gasteiger partial charge in [-0.3, -0.25) is 14.4 Å². The van der Waals surface area contributed by atoms with E-state index in [2.05, 4.69) is 5.32 Å². The molecule has 0 radical (unpaired) electrons. The molecule has 1 saturated carbocycles. The number of aliphatic hydroxyl groups is 2. The molecule has 3 N–H and O–H groups in total. The zero-order chi connectivity index (χ0) is 28.8. The van der Waals surface area contributed by atoms with E-state index in [0.29, 0.717) is 33.0 Å². The van der Waals surface area contributed by atoms with Crippen molar-refractivity contribution < 1.29 is 38.5 Å². The second-order valence-electron chi connectivity index (χ2n) is 9.85. The fourth-order valence-electron chi connectivity index (χ4n) is 4.78. The van der Waals surface area contributed by atoms with Gasteiger partial charge in [0.15, 0.2) is 11.5 Å². The SMILES string of the molecule is COc1cc(C=O)cc(I)c1O[C@H]1C=C(C(=O)NCCO)C[C@@H](N(CCc2cccc(F)c2)C(=O)C2CC2)[C@@H]1O. The van der Waals surface area contributed by atoms with E-state index in [1.165, 1.54) is 31.4 Å². The van der Waals surface area contributed by atoms with Crippen molar-refractivity contribution in [2.24, 2.45) is 5.92 Å². The van der Waals surface area contributed by atoms with E-state index in [0.717, 1.165) is 12.8 Å². The first kappa shape index (κ1) is 29.9. The lowest BCUT2D eigenvalue weighted by molar-refractivity contribution is -0.139. The zero-order valence-electron chi connectivity index (χ0n) is 22.0. The van der Waals surface area contributed by atoms with E-state index in [4.69, 9.17) is 9.47 Å². The Bertz CT molecular complexity index is 1280. The number of hydrogen-bond acceptors (Lipinski definition) is 7. The van der Waals surface area contributed by atoms with Crippen molar-refractivity contribution >= 4 is 40.7 Å². The topological polar surface area (TPSA) is 125 Å². The van der Waals surface area contributed by atoms with Gasteiger partial charge in [0, 0.05) is 36.6 Å². The van der Waals surface area contributed by atoms with E-state index in [-0.39, 0.29) is 55.3 Å². The van der Waals surface area contributed by atoms with Gasteiger partial charge in [-0.05, 0) is 77.8 Å². The van der Waals surface area contributed by atoms with Crippen LogP contribution < -0.4 is 14.8 Å². The van der Waals surface area contributed by atoms with E-state index in [9.17, 15) is 29.0 Å². The normalized spacial score (nSPS) is 20.3. The Morgan fingerprint density at radius 1 is 1.25 bits per heavy atom. The molecule has 2 aromatic carbocycles. The molecule has 0 bridgehead atoms. The maximum Gasteiger partial charge on any atom is 0.247 e. The summed E-state index contributed by atoms with van der Waals surface area (Å²) in [7, 11) is 1.43. The molecule has 9 nitrogen and oxygen atoms in total. The number of rotatable bonds is 12. The molecule has 40 heavy (non-hydrogen) atoms. The van der Waals surface area contributed by atoms with E-state index >= 15 is 0 Å². The van der Waals surface area contributed by atoms with Gasteiger partial charge in [-0.2, -0.15) is 0 Å². The summed E-state index contributed by atoms with van der Waals surface area (Å²) in [5, 5.41) is 23.4. The van der Waals surface area contributed by atoms with Gasteiger partial charge in [0.05, 0.1) is 23.3 Å². The number of aliphatic hydroxyl groups excluding tert-OH is 2. The predicted molar refractivity (Wildman–Crippen MR) is 153 cm³/mol. The lowest BCUT2D eigenvalue weighted by Crippen LogP contribution is -2.56. The average molecular weight is 666 g/mol. The summed E-state index contributed by atoms with van der Waals surface area (Å²) in [4.78, 5) is 39.4. The molecule has 2 amide bonds. The molecule has 0 spiro atoms. The second-order valence-corrected chi connectivity index (χ2v) is 11.0. The number of halogens is 2. The van der Waals surface area contributed by atoms with Crippen LogP contribution in [0, 0.1) is 15.3 Å². The Kier molecular flexibility index (Phi) is 10.1. The summed E-state index contributed by atoms with van der Waals surface area (Å²) in [6, 6.07) is 8.46. The van der Waals surface area contributed by atoms with Crippen LogP contribution in [0.2, 0.25) is 0 Å². The van der Waals surface area contributed by atoms with Gasteiger partial charge in [0.2, 0.25) is 11.8 Å². The summed E-state index contributed by atoms with van der Waals surface area (Å²) >= 11 is 2.00. The molecule has 0 aliphatic heterocycles. The Morgan fingerprint density at radius 2 is 2.02 bits per heavy atom. The van der Waals surface area contributed by atoms with Crippen LogP contribution in [0.3, 0.4) is 0 Å². The van der Waals surface area contributed by atoms with Crippen molar-refractivity contribution in [2.75, 3.05) is 26.8 Å². The molecule has 2 aliphatic rings. The zero-order valence-corrected chi connectivity index (χ0v) is 24.2. The van der Waals surface area contributed by atoms with Crippen LogP contribution in [0.25, 0.3) is 0 Å². The summed E-state index contributed by atoms with van der Waals surface area (Å²) in [6.45, 7) is 0.00908. The minimum atomic E-state index is -1.21. The highest BCUT2D eigenvalue weighted by Crippen LogP contribution is 2.38. The molecule has 0 saturated heterocycles. The van der Waals surface area contributed by atoms with Crippen molar-refractivity contribution in [3.8, 4) is 11.5 Å². The largest absolute Gasteiger partial charge is 0.493 e. The molecule has 0 aromatic heterocycles. The number of nitrogens with one attached hydrogen (secondary N) is 1. The minimum Gasteiger partial charge on any atom is -0.493 e. The number of hydrogen-bond donors (Lipinski definition) is 3. The van der Waals surface area contributed by atoms with E-state index in [1.54, 1.807) is 23.1 Å². The van der Waals surface area contributed by atoms with Crippen LogP contribution in [-0.2, 0) is 16.0 Å². The number of methoxy groups -OCH3 is 1. The average Bonchev–Trinajstić information content (AvgIpc) is 3.80. The molecule has 2 aromatic rings. The third kappa shape index (κ3) is 7.18. The number of benzene rings is 2. The van der Waals surface area contributed by atoms with Gasteiger partial charge in [-0.1, -0.05) is 12.1 Å². The number of carbonyl (C=O) groups excluding carboxylic acids is 3. The molecule has 2 aliphatic carbocycles. The number of aldehydes is 1. The molecule has 4 rings (SSSR count). The fourth-order valence-corrected chi connectivity index (χ4v) is 5.54. The Balaban J connectivity index is 1.67. The second kappa shape index (κ2) is 13.6. The minimum absolute atomic E-state index is 0.0398. The van der Waals surface area contributed by atoms with Gasteiger partial charge in [0.25, 0.3) is 0 Å². The lowest BCUT2D eigenvalue weighted by Gasteiger charge is -2.41. The first-order chi connectivity index (χ1) is 19.2. The van der Waals surface area contributed by atoms with Gasteiger partial charge < -0.3 is 29.9 Å². The maximum atomic E-state index is 13.8. The number of ether oxygens (including phenoxy) is 2. The smallest absolute Gasteiger partial charge is 0.247 e. The molecule has 214 valence electrons. The summed E-state index contributed by atoms with van der Waals surface area (Å²) < 4.78 is 26.0. The van der Waals surface area contributed by atoms with Gasteiger partial charge >= 0.3 is 0 Å². The third-order valence-corrected chi connectivity index (χ3v) is 7.80. The summed E-state index contributed by atoms with van der Waals surface area (Å²) in [5.41, 5.74) is 1.39. The number of amides is 2. The monoisotopic (exact) mass is 666 g/mol. The Morgan fingerprint density at radius 3 is 2.67 bits per heavy atom. The van der Waals surface area contributed by atoms with Crippen molar-refractivity contribution in [2.45, 2.75) is 43.9 Å². The van der Waals surface area contributed by atoms with Gasteiger partial charge in [0.1, 0.15) is 24.3 Å². The summed E-state index contributed by atoms with van der Waals surface area (Å²) in [5.74, 6) is -0.544. The maximum absolute atomic E-state index is 13.8. The first-order valence-electron chi connectivity index (χ1n) is 13.1. The van der Waals surface area contributed by atoms with E-state index < -0.39 is 24.2 Å². The third-order valence-electron chi connectivity index (χ3n) is 7.00. The fraction of sp³-hybridized carbons (Fsp3) is 0.414. The van der Waals surface area contributed by atoms with Crippen LogP contribution in [0.1, 0.15) is 35.2 Å². The van der Waals surface area contributed by atoms with Crippen LogP contribution in [-0.4, -0.2) is 78.3 Å². The van der Waals surface area contributed by atoms with E-state index in [1.807, 2.05) is 22.6 Å². The highest BCUT2D eigenvalue weighted by atomic mass is 127.